The second kappa shape index (κ2) is 10.0. The Morgan fingerprint density at radius 2 is 1.75 bits per heavy atom. The third kappa shape index (κ3) is 5.12. The highest BCUT2D eigenvalue weighted by Crippen LogP contribution is 2.29. The summed E-state index contributed by atoms with van der Waals surface area (Å²) in [6.07, 6.45) is 6.69. The van der Waals surface area contributed by atoms with Crippen LogP contribution in [0.1, 0.15) is 22.9 Å². The van der Waals surface area contributed by atoms with Gasteiger partial charge in [0.05, 0.1) is 18.2 Å². The Balaban J connectivity index is 1.49. The van der Waals surface area contributed by atoms with Gasteiger partial charge in [-0.2, -0.15) is 0 Å². The molecule has 0 bridgehead atoms. The highest BCUT2D eigenvalue weighted by atomic mass is 19.1. The summed E-state index contributed by atoms with van der Waals surface area (Å²) >= 11 is 0. The van der Waals surface area contributed by atoms with E-state index in [4.69, 9.17) is 0 Å². The lowest BCUT2D eigenvalue weighted by Crippen LogP contribution is -2.32. The largest absolute Gasteiger partial charge is 0.361 e. The van der Waals surface area contributed by atoms with Crippen molar-refractivity contribution in [2.75, 3.05) is 0 Å². The SMILES string of the molecule is O=C(Cc1c[nH]c2ccc(F)cc12)N[C@@H](Cc1cc(F)cc(F)c1)c1ncccc1-c1cccnc1. The number of pyridine rings is 2. The van der Waals surface area contributed by atoms with Gasteiger partial charge in [0, 0.05) is 52.9 Å². The molecular formula is C28H21F3N4O. The molecule has 1 atom stereocenters. The Morgan fingerprint density at radius 1 is 0.944 bits per heavy atom. The van der Waals surface area contributed by atoms with Crippen LogP contribution in [0.3, 0.4) is 0 Å². The summed E-state index contributed by atoms with van der Waals surface area (Å²) in [6, 6.07) is 14.2. The molecule has 0 saturated carbocycles. The summed E-state index contributed by atoms with van der Waals surface area (Å²) in [7, 11) is 0. The van der Waals surface area contributed by atoms with Crippen LogP contribution in [0.15, 0.2) is 85.5 Å². The second-order valence-corrected chi connectivity index (χ2v) is 8.46. The molecular weight excluding hydrogens is 465 g/mol. The van der Waals surface area contributed by atoms with Gasteiger partial charge in [-0.25, -0.2) is 13.2 Å². The van der Waals surface area contributed by atoms with E-state index in [0.717, 1.165) is 22.7 Å². The number of amides is 1. The number of aromatic amines is 1. The van der Waals surface area contributed by atoms with Crippen molar-refractivity contribution in [3.63, 3.8) is 0 Å². The predicted molar refractivity (Wildman–Crippen MR) is 130 cm³/mol. The molecule has 5 nitrogen and oxygen atoms in total. The van der Waals surface area contributed by atoms with Crippen LogP contribution in [0.5, 0.6) is 0 Å². The molecule has 5 rings (SSSR count). The fourth-order valence-electron chi connectivity index (χ4n) is 4.36. The van der Waals surface area contributed by atoms with Crippen molar-refractivity contribution in [3.05, 3.63) is 120 Å². The number of H-pyrrole nitrogens is 1. The quantitative estimate of drug-likeness (QED) is 0.311. The zero-order valence-corrected chi connectivity index (χ0v) is 19.0. The van der Waals surface area contributed by atoms with Gasteiger partial charge in [0.2, 0.25) is 5.91 Å². The molecule has 0 fully saturated rings. The van der Waals surface area contributed by atoms with Crippen LogP contribution in [-0.2, 0) is 17.6 Å². The van der Waals surface area contributed by atoms with Crippen molar-refractivity contribution in [1.29, 1.82) is 0 Å². The van der Waals surface area contributed by atoms with Gasteiger partial charge in [0.25, 0.3) is 0 Å². The van der Waals surface area contributed by atoms with E-state index in [2.05, 4.69) is 20.3 Å². The van der Waals surface area contributed by atoms with Crippen LogP contribution in [0.4, 0.5) is 13.2 Å². The van der Waals surface area contributed by atoms with Crippen LogP contribution in [0.25, 0.3) is 22.0 Å². The summed E-state index contributed by atoms with van der Waals surface area (Å²) in [4.78, 5) is 24.9. The lowest BCUT2D eigenvalue weighted by molar-refractivity contribution is -0.121. The van der Waals surface area contributed by atoms with E-state index in [1.807, 2.05) is 12.1 Å². The Morgan fingerprint density at radius 3 is 2.53 bits per heavy atom. The Labute approximate surface area is 205 Å². The zero-order chi connectivity index (χ0) is 25.1. The first-order valence-electron chi connectivity index (χ1n) is 11.3. The second-order valence-electron chi connectivity index (χ2n) is 8.46. The van der Waals surface area contributed by atoms with E-state index in [1.54, 1.807) is 43.0 Å². The van der Waals surface area contributed by atoms with Gasteiger partial charge < -0.3 is 10.3 Å². The summed E-state index contributed by atoms with van der Waals surface area (Å²) < 4.78 is 41.7. The summed E-state index contributed by atoms with van der Waals surface area (Å²) in [6.45, 7) is 0. The predicted octanol–water partition coefficient (Wildman–Crippen LogP) is 5.68. The highest BCUT2D eigenvalue weighted by Gasteiger charge is 2.22. The maximum atomic E-state index is 13.9. The molecule has 36 heavy (non-hydrogen) atoms. The van der Waals surface area contributed by atoms with E-state index in [-0.39, 0.29) is 18.7 Å². The molecule has 0 aliphatic heterocycles. The van der Waals surface area contributed by atoms with Gasteiger partial charge in [0.15, 0.2) is 0 Å². The molecule has 3 heterocycles. The molecule has 0 aliphatic carbocycles. The number of carbonyl (C=O) groups excluding carboxylic acids is 1. The van der Waals surface area contributed by atoms with Gasteiger partial charge in [-0.15, -0.1) is 0 Å². The number of hydrogen-bond donors (Lipinski definition) is 2. The lowest BCUT2D eigenvalue weighted by atomic mass is 9.96. The number of rotatable bonds is 7. The zero-order valence-electron chi connectivity index (χ0n) is 19.0. The first-order valence-corrected chi connectivity index (χ1v) is 11.3. The average molecular weight is 486 g/mol. The molecule has 1 amide bonds. The van der Waals surface area contributed by atoms with Crippen molar-refractivity contribution < 1.29 is 18.0 Å². The van der Waals surface area contributed by atoms with E-state index in [1.165, 1.54) is 24.3 Å². The molecule has 8 heteroatoms. The first kappa shape index (κ1) is 23.3. The summed E-state index contributed by atoms with van der Waals surface area (Å²) in [5.74, 6) is -2.15. The van der Waals surface area contributed by atoms with Crippen molar-refractivity contribution in [1.82, 2.24) is 20.3 Å². The van der Waals surface area contributed by atoms with E-state index in [0.29, 0.717) is 22.2 Å². The molecule has 0 spiro atoms. The van der Waals surface area contributed by atoms with Crippen LogP contribution < -0.4 is 5.32 Å². The maximum absolute atomic E-state index is 13.9. The average Bonchev–Trinajstić information content (AvgIpc) is 3.25. The third-order valence-corrected chi connectivity index (χ3v) is 5.92. The van der Waals surface area contributed by atoms with Gasteiger partial charge in [-0.05, 0) is 60.0 Å². The van der Waals surface area contributed by atoms with Gasteiger partial charge in [-0.1, -0.05) is 12.1 Å². The lowest BCUT2D eigenvalue weighted by Gasteiger charge is -2.21. The molecule has 0 radical (unpaired) electrons. The minimum atomic E-state index is -0.704. The Hall–Kier alpha value is -4.46. The van der Waals surface area contributed by atoms with Crippen molar-refractivity contribution in [3.8, 4) is 11.1 Å². The molecule has 2 N–H and O–H groups in total. The topological polar surface area (TPSA) is 70.7 Å². The summed E-state index contributed by atoms with van der Waals surface area (Å²) in [5.41, 5.74) is 3.78. The summed E-state index contributed by atoms with van der Waals surface area (Å²) in [5, 5.41) is 3.59. The van der Waals surface area contributed by atoms with E-state index < -0.39 is 23.5 Å². The maximum Gasteiger partial charge on any atom is 0.225 e. The molecule has 3 aromatic heterocycles. The minimum absolute atomic E-state index is 0.0213. The number of benzene rings is 2. The first-order chi connectivity index (χ1) is 17.5. The minimum Gasteiger partial charge on any atom is -0.361 e. The standard InChI is InChI=1S/C28H21F3N4O/c29-20-5-6-25-24(14-20)19(16-34-25)12-27(36)35-26(11-17-9-21(30)13-22(31)10-17)28-23(4-2-8-33-28)18-3-1-7-32-15-18/h1-10,13-16,26,34H,11-12H2,(H,35,36)/t26-/m0/s1. The fraction of sp³-hybridized carbons (Fsp3) is 0.107. The van der Waals surface area contributed by atoms with Crippen molar-refractivity contribution in [2.24, 2.45) is 0 Å². The van der Waals surface area contributed by atoms with Crippen LogP contribution >= 0.6 is 0 Å². The third-order valence-electron chi connectivity index (χ3n) is 5.92. The smallest absolute Gasteiger partial charge is 0.225 e. The Bertz CT molecular complexity index is 1510. The number of carbonyl (C=O) groups is 1. The number of nitrogens with one attached hydrogen (secondary N) is 2. The van der Waals surface area contributed by atoms with Crippen LogP contribution in [0.2, 0.25) is 0 Å². The molecule has 5 aromatic rings. The number of hydrogen-bond acceptors (Lipinski definition) is 3. The molecule has 0 unspecified atom stereocenters. The number of halogens is 3. The number of nitrogens with zero attached hydrogens (tertiary/aromatic N) is 2. The fourth-order valence-corrected chi connectivity index (χ4v) is 4.36. The Kier molecular flexibility index (Phi) is 6.49. The number of fused-ring (bicyclic) bond motifs is 1. The van der Waals surface area contributed by atoms with E-state index in [9.17, 15) is 18.0 Å². The van der Waals surface area contributed by atoms with Gasteiger partial charge >= 0.3 is 0 Å². The van der Waals surface area contributed by atoms with Crippen LogP contribution in [-0.4, -0.2) is 20.9 Å². The molecule has 0 saturated heterocycles. The van der Waals surface area contributed by atoms with Crippen LogP contribution in [0, 0.1) is 17.5 Å². The molecule has 180 valence electrons. The monoisotopic (exact) mass is 486 g/mol. The van der Waals surface area contributed by atoms with Crippen molar-refractivity contribution in [2.45, 2.75) is 18.9 Å². The molecule has 0 aliphatic rings. The van der Waals surface area contributed by atoms with Gasteiger partial charge in [-0.3, -0.25) is 14.8 Å². The normalized spacial score (nSPS) is 12.0. The van der Waals surface area contributed by atoms with Crippen molar-refractivity contribution >= 4 is 16.8 Å². The number of aromatic nitrogens is 3. The van der Waals surface area contributed by atoms with E-state index >= 15 is 0 Å². The molecule has 2 aromatic carbocycles. The highest BCUT2D eigenvalue weighted by molar-refractivity contribution is 5.89. The van der Waals surface area contributed by atoms with Gasteiger partial charge in [0.1, 0.15) is 17.5 Å².